The third kappa shape index (κ3) is 3.46. The molecule has 0 radical (unpaired) electrons. The van der Waals surface area contributed by atoms with E-state index in [-0.39, 0.29) is 28.0 Å². The number of amides is 1. The first kappa shape index (κ1) is 15.6. The van der Waals surface area contributed by atoms with Crippen LogP contribution in [-0.2, 0) is 0 Å². The Balaban J connectivity index is 2.28. The highest BCUT2D eigenvalue weighted by molar-refractivity contribution is 6.33. The molecule has 110 valence electrons. The second kappa shape index (κ2) is 6.33. The highest BCUT2D eigenvalue weighted by Crippen LogP contribution is 2.28. The van der Waals surface area contributed by atoms with Crippen molar-refractivity contribution < 1.29 is 9.90 Å². The first-order chi connectivity index (χ1) is 9.90. The Morgan fingerprint density at radius 2 is 1.81 bits per heavy atom. The Kier molecular flexibility index (Phi) is 4.70. The fourth-order valence-electron chi connectivity index (χ4n) is 2.02. The van der Waals surface area contributed by atoms with Gasteiger partial charge in [-0.25, -0.2) is 4.98 Å². The smallest absolute Gasteiger partial charge is 0.254 e. The summed E-state index contributed by atoms with van der Waals surface area (Å²) in [4.78, 5) is 17.8. The summed E-state index contributed by atoms with van der Waals surface area (Å²) < 4.78 is 0. The van der Waals surface area contributed by atoms with E-state index in [1.54, 1.807) is 25.2 Å². The lowest BCUT2D eigenvalue weighted by Gasteiger charge is -2.26. The van der Waals surface area contributed by atoms with Gasteiger partial charge in [-0.3, -0.25) is 4.79 Å². The molecule has 1 unspecified atom stereocenters. The number of phenols is 1. The van der Waals surface area contributed by atoms with Gasteiger partial charge in [-0.05, 0) is 25.1 Å². The van der Waals surface area contributed by atoms with E-state index in [0.29, 0.717) is 11.1 Å². The van der Waals surface area contributed by atoms with E-state index < -0.39 is 0 Å². The van der Waals surface area contributed by atoms with Gasteiger partial charge in [0.15, 0.2) is 0 Å². The molecule has 2 aromatic rings. The van der Waals surface area contributed by atoms with Crippen LogP contribution in [0.3, 0.4) is 0 Å². The first-order valence-corrected chi connectivity index (χ1v) is 7.04. The molecule has 1 amide bonds. The van der Waals surface area contributed by atoms with Crippen LogP contribution in [0, 0.1) is 0 Å². The van der Waals surface area contributed by atoms with E-state index in [1.807, 2.05) is 13.0 Å². The zero-order valence-electron chi connectivity index (χ0n) is 11.5. The zero-order valence-corrected chi connectivity index (χ0v) is 13.1. The van der Waals surface area contributed by atoms with Crippen molar-refractivity contribution in [2.45, 2.75) is 13.0 Å². The molecule has 4 nitrogen and oxygen atoms in total. The quantitative estimate of drug-likeness (QED) is 0.870. The summed E-state index contributed by atoms with van der Waals surface area (Å²) in [6.45, 7) is 1.83. The third-order valence-corrected chi connectivity index (χ3v) is 3.69. The van der Waals surface area contributed by atoms with Gasteiger partial charge in [-0.2, -0.15) is 0 Å². The topological polar surface area (TPSA) is 53.4 Å². The molecule has 0 saturated heterocycles. The minimum atomic E-state index is -0.301. The van der Waals surface area contributed by atoms with Crippen molar-refractivity contribution >= 4 is 29.1 Å². The fraction of sp³-hybridized carbons (Fsp3) is 0.200. The second-order valence-electron chi connectivity index (χ2n) is 4.65. The van der Waals surface area contributed by atoms with Crippen LogP contribution < -0.4 is 0 Å². The van der Waals surface area contributed by atoms with Crippen molar-refractivity contribution in [1.82, 2.24) is 9.88 Å². The monoisotopic (exact) mass is 324 g/mol. The predicted octanol–water partition coefficient (Wildman–Crippen LogP) is 3.93. The molecule has 1 aromatic carbocycles. The van der Waals surface area contributed by atoms with Crippen LogP contribution in [-0.4, -0.2) is 27.9 Å². The Morgan fingerprint density at radius 1 is 1.24 bits per heavy atom. The van der Waals surface area contributed by atoms with E-state index in [9.17, 15) is 9.90 Å². The molecule has 0 bridgehead atoms. The number of aromatic hydroxyl groups is 1. The number of halogens is 2. The predicted molar refractivity (Wildman–Crippen MR) is 82.9 cm³/mol. The van der Waals surface area contributed by atoms with Gasteiger partial charge >= 0.3 is 0 Å². The molecule has 0 aliphatic rings. The Labute approximate surface area is 132 Å². The largest absolute Gasteiger partial charge is 0.508 e. The maximum absolute atomic E-state index is 12.5. The normalized spacial score (nSPS) is 12.0. The minimum absolute atomic E-state index is 0.149. The molecule has 0 aliphatic carbocycles. The lowest BCUT2D eigenvalue weighted by molar-refractivity contribution is 0.0741. The molecule has 6 heteroatoms. The van der Waals surface area contributed by atoms with Crippen LogP contribution in [0.2, 0.25) is 10.3 Å². The number of aromatic nitrogens is 1. The van der Waals surface area contributed by atoms with Crippen molar-refractivity contribution in [3.05, 3.63) is 57.8 Å². The van der Waals surface area contributed by atoms with Gasteiger partial charge < -0.3 is 10.0 Å². The number of pyridine rings is 1. The lowest BCUT2D eigenvalue weighted by Crippen LogP contribution is -2.29. The summed E-state index contributed by atoms with van der Waals surface area (Å²) in [5, 5.41) is 10.2. The zero-order chi connectivity index (χ0) is 15.6. The van der Waals surface area contributed by atoms with Crippen LogP contribution in [0.5, 0.6) is 5.75 Å². The molecule has 2 rings (SSSR count). The van der Waals surface area contributed by atoms with Gasteiger partial charge in [0.25, 0.3) is 5.91 Å². The fourth-order valence-corrected chi connectivity index (χ4v) is 2.48. The number of hydrogen-bond donors (Lipinski definition) is 1. The molecule has 1 aromatic heterocycles. The summed E-state index contributed by atoms with van der Waals surface area (Å²) in [5.41, 5.74) is 1.02. The minimum Gasteiger partial charge on any atom is -0.508 e. The Morgan fingerprint density at radius 3 is 2.38 bits per heavy atom. The number of nitrogens with zero attached hydrogens (tertiary/aromatic N) is 2. The molecule has 0 fully saturated rings. The highest BCUT2D eigenvalue weighted by Gasteiger charge is 2.21. The SMILES string of the molecule is CC(c1ccccc1O)N(C)C(=O)c1cc(Cl)nc(Cl)c1. The highest BCUT2D eigenvalue weighted by atomic mass is 35.5. The van der Waals surface area contributed by atoms with E-state index in [2.05, 4.69) is 4.98 Å². The van der Waals surface area contributed by atoms with Crippen molar-refractivity contribution in [3.8, 4) is 5.75 Å². The van der Waals surface area contributed by atoms with Crippen molar-refractivity contribution in [1.29, 1.82) is 0 Å². The number of para-hydroxylation sites is 1. The molecular weight excluding hydrogens is 311 g/mol. The maximum Gasteiger partial charge on any atom is 0.254 e. The summed E-state index contributed by atoms with van der Waals surface area (Å²) in [5.74, 6) is -0.104. The van der Waals surface area contributed by atoms with Crippen LogP contribution in [0.15, 0.2) is 36.4 Å². The number of carbonyl (C=O) groups excluding carboxylic acids is 1. The van der Waals surface area contributed by atoms with Gasteiger partial charge in [0.1, 0.15) is 16.1 Å². The number of benzene rings is 1. The van der Waals surface area contributed by atoms with Gasteiger partial charge in [-0.1, -0.05) is 41.4 Å². The van der Waals surface area contributed by atoms with Crippen LogP contribution in [0.25, 0.3) is 0 Å². The molecule has 1 atom stereocenters. The van der Waals surface area contributed by atoms with Gasteiger partial charge in [0.05, 0.1) is 6.04 Å². The van der Waals surface area contributed by atoms with Gasteiger partial charge in [0.2, 0.25) is 0 Å². The van der Waals surface area contributed by atoms with Gasteiger partial charge in [-0.15, -0.1) is 0 Å². The second-order valence-corrected chi connectivity index (χ2v) is 5.43. The van der Waals surface area contributed by atoms with Gasteiger partial charge in [0, 0.05) is 18.2 Å². The average molecular weight is 325 g/mol. The average Bonchev–Trinajstić information content (AvgIpc) is 2.44. The van der Waals surface area contributed by atoms with Crippen molar-refractivity contribution in [3.63, 3.8) is 0 Å². The van der Waals surface area contributed by atoms with E-state index >= 15 is 0 Å². The molecule has 0 aliphatic heterocycles. The third-order valence-electron chi connectivity index (χ3n) is 3.30. The van der Waals surface area contributed by atoms with E-state index in [1.165, 1.54) is 17.0 Å². The maximum atomic E-state index is 12.5. The van der Waals surface area contributed by atoms with Crippen molar-refractivity contribution in [2.24, 2.45) is 0 Å². The number of carbonyl (C=O) groups is 1. The number of phenolic OH excluding ortho intramolecular Hbond substituents is 1. The summed E-state index contributed by atoms with van der Waals surface area (Å²) in [7, 11) is 1.65. The first-order valence-electron chi connectivity index (χ1n) is 6.28. The van der Waals surface area contributed by atoms with E-state index in [0.717, 1.165) is 0 Å². The number of rotatable bonds is 3. The summed E-state index contributed by atoms with van der Waals surface area (Å²) in [6.07, 6.45) is 0. The summed E-state index contributed by atoms with van der Waals surface area (Å²) >= 11 is 11.6. The molecule has 1 N–H and O–H groups in total. The Bertz CT molecular complexity index is 656. The van der Waals surface area contributed by atoms with E-state index in [4.69, 9.17) is 23.2 Å². The van der Waals surface area contributed by atoms with Crippen LogP contribution >= 0.6 is 23.2 Å². The molecule has 0 spiro atoms. The lowest BCUT2D eigenvalue weighted by atomic mass is 10.1. The Hall–Kier alpha value is -1.78. The van der Waals surface area contributed by atoms with Crippen molar-refractivity contribution in [2.75, 3.05) is 7.05 Å². The molecule has 0 saturated carbocycles. The molecule has 1 heterocycles. The van der Waals surface area contributed by atoms with Crippen LogP contribution in [0.1, 0.15) is 28.9 Å². The molecular formula is C15H14Cl2N2O2. The summed E-state index contributed by atoms with van der Waals surface area (Å²) in [6, 6.07) is 9.53. The molecule has 21 heavy (non-hydrogen) atoms. The standard InChI is InChI=1S/C15H14Cl2N2O2/c1-9(11-5-3-4-6-12(11)20)19(2)15(21)10-7-13(16)18-14(17)8-10/h3-9,20H,1-2H3. The number of hydrogen-bond acceptors (Lipinski definition) is 3. The van der Waals surface area contributed by atoms with Crippen LogP contribution in [0.4, 0.5) is 0 Å².